The van der Waals surface area contributed by atoms with Gasteiger partial charge in [0.05, 0.1) is 5.75 Å². The molecular weight excluding hydrogens is 420 g/mol. The first-order valence-corrected chi connectivity index (χ1v) is 11.1. The average Bonchev–Trinajstić information content (AvgIpc) is 3.12. The Morgan fingerprint density at radius 1 is 1.23 bits per heavy atom. The van der Waals surface area contributed by atoms with E-state index in [9.17, 15) is 4.79 Å². The summed E-state index contributed by atoms with van der Waals surface area (Å²) in [5, 5.41) is 12.8. The van der Waals surface area contributed by atoms with Gasteiger partial charge in [-0.25, -0.2) is 0 Å². The van der Waals surface area contributed by atoms with Gasteiger partial charge in [0, 0.05) is 17.3 Å². The minimum atomic E-state index is -0.267. The highest BCUT2D eigenvalue weighted by atomic mass is 35.5. The lowest BCUT2D eigenvalue weighted by Crippen LogP contribution is -2.16. The molecule has 3 aromatic rings. The van der Waals surface area contributed by atoms with Crippen molar-refractivity contribution in [2.45, 2.75) is 45.5 Å². The summed E-state index contributed by atoms with van der Waals surface area (Å²) in [4.78, 5) is 12.4. The molecule has 0 fully saturated rings. The third-order valence-corrected chi connectivity index (χ3v) is 5.74. The molecule has 1 unspecified atom stereocenters. The molecule has 3 rings (SSSR count). The van der Waals surface area contributed by atoms with Crippen molar-refractivity contribution in [3.05, 3.63) is 64.4 Å². The highest BCUT2D eigenvalue weighted by Crippen LogP contribution is 2.26. The highest BCUT2D eigenvalue weighted by molar-refractivity contribution is 7.99. The maximum Gasteiger partial charge on any atom is 0.234 e. The Morgan fingerprint density at radius 3 is 2.77 bits per heavy atom. The number of benzene rings is 2. The number of rotatable bonds is 8. The Bertz CT molecular complexity index is 1040. The van der Waals surface area contributed by atoms with Gasteiger partial charge in [-0.15, -0.1) is 10.2 Å². The van der Waals surface area contributed by atoms with E-state index in [0.717, 1.165) is 22.7 Å². The van der Waals surface area contributed by atoms with Gasteiger partial charge in [-0.05, 0) is 63.1 Å². The van der Waals surface area contributed by atoms with Crippen LogP contribution in [0.25, 0.3) is 0 Å². The molecule has 0 spiro atoms. The van der Waals surface area contributed by atoms with Crippen LogP contribution in [0, 0.1) is 13.8 Å². The molecule has 6 nitrogen and oxygen atoms in total. The Hall–Kier alpha value is -2.51. The molecule has 0 radical (unpaired) electrons. The summed E-state index contributed by atoms with van der Waals surface area (Å²) in [6, 6.07) is 13.3. The minimum absolute atomic E-state index is 0.123. The van der Waals surface area contributed by atoms with Gasteiger partial charge >= 0.3 is 0 Å². The first-order chi connectivity index (χ1) is 14.4. The number of anilines is 1. The van der Waals surface area contributed by atoms with Gasteiger partial charge < -0.3 is 14.6 Å². The largest absolute Gasteiger partial charge is 0.483 e. The van der Waals surface area contributed by atoms with Gasteiger partial charge in [0.25, 0.3) is 0 Å². The Morgan fingerprint density at radius 2 is 2.03 bits per heavy atom. The zero-order valence-corrected chi connectivity index (χ0v) is 19.0. The molecule has 2 aromatic carbocycles. The Balaban J connectivity index is 1.65. The lowest BCUT2D eigenvalue weighted by Gasteiger charge is -2.16. The summed E-state index contributed by atoms with van der Waals surface area (Å²) in [6.07, 6.45) is -0.267. The number of amides is 1. The molecule has 0 saturated carbocycles. The molecular formula is C22H25ClN4O2S. The van der Waals surface area contributed by atoms with E-state index in [-0.39, 0.29) is 17.8 Å². The predicted octanol–water partition coefficient (Wildman–Crippen LogP) is 5.44. The molecule has 1 aromatic heterocycles. The number of hydrogen-bond acceptors (Lipinski definition) is 5. The molecule has 1 N–H and O–H groups in total. The quantitative estimate of drug-likeness (QED) is 0.468. The van der Waals surface area contributed by atoms with Crippen molar-refractivity contribution in [1.82, 2.24) is 14.8 Å². The second kappa shape index (κ2) is 10.00. The van der Waals surface area contributed by atoms with Gasteiger partial charge in [0.15, 0.2) is 17.1 Å². The third-order valence-electron chi connectivity index (χ3n) is 4.53. The van der Waals surface area contributed by atoms with Crippen molar-refractivity contribution in [2.24, 2.45) is 0 Å². The van der Waals surface area contributed by atoms with Crippen LogP contribution < -0.4 is 10.1 Å². The number of ether oxygens (including phenoxy) is 1. The maximum absolute atomic E-state index is 12.4. The zero-order chi connectivity index (χ0) is 21.7. The molecule has 0 saturated heterocycles. The monoisotopic (exact) mass is 444 g/mol. The average molecular weight is 445 g/mol. The van der Waals surface area contributed by atoms with Crippen molar-refractivity contribution < 1.29 is 9.53 Å². The lowest BCUT2D eigenvalue weighted by molar-refractivity contribution is -0.113. The number of thioether (sulfide) groups is 1. The zero-order valence-electron chi connectivity index (χ0n) is 17.5. The molecule has 0 aliphatic carbocycles. The second-order valence-corrected chi connectivity index (χ2v) is 8.34. The summed E-state index contributed by atoms with van der Waals surface area (Å²) < 4.78 is 8.02. The van der Waals surface area contributed by atoms with E-state index >= 15 is 0 Å². The van der Waals surface area contributed by atoms with Crippen LogP contribution >= 0.6 is 23.4 Å². The molecule has 0 aliphatic rings. The molecule has 158 valence electrons. The first-order valence-electron chi connectivity index (χ1n) is 9.72. The molecule has 8 heteroatoms. The fraction of sp³-hybridized carbons (Fsp3) is 0.318. The number of halogens is 1. The van der Waals surface area contributed by atoms with Crippen molar-refractivity contribution in [3.63, 3.8) is 0 Å². The van der Waals surface area contributed by atoms with E-state index in [4.69, 9.17) is 16.3 Å². The highest BCUT2D eigenvalue weighted by Gasteiger charge is 2.19. The SMILES string of the molecule is CCn1c(SCC(=O)Nc2cc(Cl)ccc2C)nnc1C(C)Oc1cccc(C)c1. The first kappa shape index (κ1) is 22.2. The van der Waals surface area contributed by atoms with Gasteiger partial charge in [-0.1, -0.05) is 41.6 Å². The number of hydrogen-bond donors (Lipinski definition) is 1. The Labute approximate surface area is 186 Å². The minimum Gasteiger partial charge on any atom is -0.483 e. The van der Waals surface area contributed by atoms with Crippen LogP contribution in [0.3, 0.4) is 0 Å². The predicted molar refractivity (Wildman–Crippen MR) is 121 cm³/mol. The van der Waals surface area contributed by atoms with Crippen molar-refractivity contribution in [1.29, 1.82) is 0 Å². The van der Waals surface area contributed by atoms with Crippen LogP contribution in [0.1, 0.15) is 36.9 Å². The van der Waals surface area contributed by atoms with Crippen LogP contribution in [0.5, 0.6) is 5.75 Å². The van der Waals surface area contributed by atoms with E-state index < -0.39 is 0 Å². The summed E-state index contributed by atoms with van der Waals surface area (Å²) in [5.74, 6) is 1.62. The van der Waals surface area contributed by atoms with Crippen molar-refractivity contribution >= 4 is 35.0 Å². The topological polar surface area (TPSA) is 69.0 Å². The van der Waals surface area contributed by atoms with Crippen LogP contribution in [0.2, 0.25) is 5.02 Å². The van der Waals surface area contributed by atoms with Gasteiger partial charge in [-0.2, -0.15) is 0 Å². The van der Waals surface area contributed by atoms with E-state index in [2.05, 4.69) is 15.5 Å². The summed E-state index contributed by atoms with van der Waals surface area (Å²) >= 11 is 7.37. The summed E-state index contributed by atoms with van der Waals surface area (Å²) in [7, 11) is 0. The number of nitrogens with one attached hydrogen (secondary N) is 1. The summed E-state index contributed by atoms with van der Waals surface area (Å²) in [6.45, 7) is 8.60. The molecule has 0 aliphatic heterocycles. The third kappa shape index (κ3) is 5.55. The van der Waals surface area contributed by atoms with E-state index in [1.807, 2.05) is 62.6 Å². The fourth-order valence-corrected chi connectivity index (χ4v) is 3.98. The number of aryl methyl sites for hydroxylation is 2. The molecule has 1 atom stereocenters. The fourth-order valence-electron chi connectivity index (χ4n) is 3.00. The van der Waals surface area contributed by atoms with E-state index in [1.54, 1.807) is 12.1 Å². The van der Waals surface area contributed by atoms with Gasteiger partial charge in [0.1, 0.15) is 5.75 Å². The molecule has 30 heavy (non-hydrogen) atoms. The number of carbonyl (C=O) groups is 1. The standard InChI is InChI=1S/C22H25ClN4O2S/c1-5-27-21(16(4)29-18-8-6-7-14(2)11-18)25-26-22(27)30-13-20(28)24-19-12-17(23)10-9-15(19)3/h6-12,16H,5,13H2,1-4H3,(H,24,28). The van der Waals surface area contributed by atoms with Crippen molar-refractivity contribution in [3.8, 4) is 5.75 Å². The Kier molecular flexibility index (Phi) is 7.39. The molecule has 0 bridgehead atoms. The van der Waals surface area contributed by atoms with Gasteiger partial charge in [-0.3, -0.25) is 4.79 Å². The molecule has 1 heterocycles. The van der Waals surface area contributed by atoms with Crippen LogP contribution in [0.4, 0.5) is 5.69 Å². The summed E-state index contributed by atoms with van der Waals surface area (Å²) in [5.41, 5.74) is 2.80. The second-order valence-electron chi connectivity index (χ2n) is 6.96. The van der Waals surface area contributed by atoms with Gasteiger partial charge in [0.2, 0.25) is 5.91 Å². The number of aromatic nitrogens is 3. The number of carbonyl (C=O) groups excluding carboxylic acids is 1. The van der Waals surface area contributed by atoms with E-state index in [1.165, 1.54) is 11.8 Å². The van der Waals surface area contributed by atoms with Crippen LogP contribution in [-0.2, 0) is 11.3 Å². The number of nitrogens with zero attached hydrogens (tertiary/aromatic N) is 3. The lowest BCUT2D eigenvalue weighted by atomic mass is 10.2. The molecule has 1 amide bonds. The normalized spacial score (nSPS) is 11.9. The van der Waals surface area contributed by atoms with Crippen LogP contribution in [0.15, 0.2) is 47.6 Å². The smallest absolute Gasteiger partial charge is 0.234 e. The van der Waals surface area contributed by atoms with E-state index in [0.29, 0.717) is 22.4 Å². The maximum atomic E-state index is 12.4. The van der Waals surface area contributed by atoms with Crippen molar-refractivity contribution in [2.75, 3.05) is 11.1 Å². The van der Waals surface area contributed by atoms with Crippen LogP contribution in [-0.4, -0.2) is 26.4 Å².